The summed E-state index contributed by atoms with van der Waals surface area (Å²) in [5, 5.41) is 3.97. The highest BCUT2D eigenvalue weighted by Crippen LogP contribution is 2.28. The van der Waals surface area contributed by atoms with Crippen LogP contribution < -0.4 is 0 Å². The van der Waals surface area contributed by atoms with Gasteiger partial charge in [0.05, 0.1) is 6.20 Å². The van der Waals surface area contributed by atoms with Crippen LogP contribution in [-0.4, -0.2) is 9.78 Å². The van der Waals surface area contributed by atoms with Gasteiger partial charge in [-0.25, -0.2) is 8.78 Å². The molecule has 0 saturated heterocycles. The van der Waals surface area contributed by atoms with E-state index in [1.165, 1.54) is 12.3 Å². The summed E-state index contributed by atoms with van der Waals surface area (Å²) < 4.78 is 28.8. The monoisotopic (exact) mass is 236 g/mol. The zero-order chi connectivity index (χ0) is 12.6. The minimum atomic E-state index is -0.817. The van der Waals surface area contributed by atoms with E-state index in [1.54, 1.807) is 24.0 Å². The molecule has 0 N–H and O–H groups in total. The van der Waals surface area contributed by atoms with Gasteiger partial charge in [0.2, 0.25) is 0 Å². The molecular formula is C13H14F2N2. The van der Waals surface area contributed by atoms with Crippen molar-refractivity contribution in [2.45, 2.75) is 19.8 Å². The highest BCUT2D eigenvalue weighted by molar-refractivity contribution is 5.63. The fourth-order valence-corrected chi connectivity index (χ4v) is 1.71. The van der Waals surface area contributed by atoms with Gasteiger partial charge in [-0.05, 0) is 23.6 Å². The second kappa shape index (κ2) is 4.28. The molecule has 17 heavy (non-hydrogen) atoms. The molecule has 1 heterocycles. The summed E-state index contributed by atoms with van der Waals surface area (Å²) in [6.45, 7) is 3.89. The number of nitrogens with zero attached hydrogens (tertiary/aromatic N) is 2. The maximum absolute atomic E-state index is 13.7. The molecule has 2 rings (SSSR count). The molecular weight excluding hydrogens is 222 g/mol. The molecule has 1 aromatic carbocycles. The van der Waals surface area contributed by atoms with E-state index in [9.17, 15) is 8.78 Å². The third-order valence-electron chi connectivity index (χ3n) is 2.73. The van der Waals surface area contributed by atoms with Gasteiger partial charge in [0, 0.05) is 24.4 Å². The second-order valence-corrected chi connectivity index (χ2v) is 4.42. The van der Waals surface area contributed by atoms with Crippen LogP contribution in [-0.2, 0) is 7.05 Å². The van der Waals surface area contributed by atoms with E-state index in [4.69, 9.17) is 0 Å². The van der Waals surface area contributed by atoms with Gasteiger partial charge in [-0.15, -0.1) is 0 Å². The van der Waals surface area contributed by atoms with Crippen molar-refractivity contribution in [2.75, 3.05) is 0 Å². The lowest BCUT2D eigenvalue weighted by Gasteiger charge is -2.09. The van der Waals surface area contributed by atoms with Crippen LogP contribution >= 0.6 is 0 Å². The first-order chi connectivity index (χ1) is 7.99. The molecule has 0 spiro atoms. The number of benzene rings is 1. The molecule has 1 aromatic heterocycles. The molecule has 0 aliphatic heterocycles. The largest absolute Gasteiger partial charge is 0.275 e. The van der Waals surface area contributed by atoms with Gasteiger partial charge < -0.3 is 0 Å². The van der Waals surface area contributed by atoms with Crippen LogP contribution in [0.1, 0.15) is 25.3 Å². The van der Waals surface area contributed by atoms with E-state index in [0.717, 1.165) is 5.56 Å². The van der Waals surface area contributed by atoms with Crippen LogP contribution in [0.3, 0.4) is 0 Å². The highest BCUT2D eigenvalue weighted by Gasteiger charge is 2.14. The smallest absolute Gasteiger partial charge is 0.166 e. The van der Waals surface area contributed by atoms with E-state index in [0.29, 0.717) is 5.56 Å². The van der Waals surface area contributed by atoms with Crippen molar-refractivity contribution >= 4 is 0 Å². The van der Waals surface area contributed by atoms with Gasteiger partial charge in [-0.3, -0.25) is 4.68 Å². The van der Waals surface area contributed by atoms with Crippen molar-refractivity contribution in [3.63, 3.8) is 0 Å². The Hall–Kier alpha value is -1.71. The second-order valence-electron chi connectivity index (χ2n) is 4.42. The fourth-order valence-electron chi connectivity index (χ4n) is 1.71. The molecule has 0 atom stereocenters. The predicted octanol–water partition coefficient (Wildman–Crippen LogP) is 3.49. The van der Waals surface area contributed by atoms with Crippen molar-refractivity contribution in [1.29, 1.82) is 0 Å². The van der Waals surface area contributed by atoms with Crippen LogP contribution in [0.25, 0.3) is 11.1 Å². The van der Waals surface area contributed by atoms with Gasteiger partial charge in [-0.1, -0.05) is 13.8 Å². The summed E-state index contributed by atoms with van der Waals surface area (Å²) in [4.78, 5) is 0. The Morgan fingerprint density at radius 2 is 1.94 bits per heavy atom. The molecule has 0 radical (unpaired) electrons. The molecule has 0 aliphatic carbocycles. The molecule has 0 fully saturated rings. The fraction of sp³-hybridized carbons (Fsp3) is 0.308. The van der Waals surface area contributed by atoms with E-state index in [-0.39, 0.29) is 11.5 Å². The third kappa shape index (κ3) is 2.20. The van der Waals surface area contributed by atoms with Crippen LogP contribution in [0.5, 0.6) is 0 Å². The van der Waals surface area contributed by atoms with Gasteiger partial charge >= 0.3 is 0 Å². The number of halogens is 2. The molecule has 2 aromatic rings. The first-order valence-electron chi connectivity index (χ1n) is 5.47. The van der Waals surface area contributed by atoms with E-state index in [2.05, 4.69) is 5.10 Å². The minimum Gasteiger partial charge on any atom is -0.275 e. The Morgan fingerprint density at radius 1 is 1.24 bits per heavy atom. The van der Waals surface area contributed by atoms with E-state index < -0.39 is 11.6 Å². The lowest BCUT2D eigenvalue weighted by Crippen LogP contribution is -1.95. The van der Waals surface area contributed by atoms with Gasteiger partial charge in [-0.2, -0.15) is 5.10 Å². The molecule has 0 unspecified atom stereocenters. The van der Waals surface area contributed by atoms with Crippen molar-refractivity contribution in [2.24, 2.45) is 7.05 Å². The Kier molecular flexibility index (Phi) is 2.96. The molecule has 2 nitrogen and oxygen atoms in total. The van der Waals surface area contributed by atoms with E-state index in [1.807, 2.05) is 13.8 Å². The third-order valence-corrected chi connectivity index (χ3v) is 2.73. The average molecular weight is 236 g/mol. The van der Waals surface area contributed by atoms with Gasteiger partial charge in [0.1, 0.15) is 0 Å². The molecule has 90 valence electrons. The molecule has 0 bridgehead atoms. The number of aryl methyl sites for hydroxylation is 1. The zero-order valence-electron chi connectivity index (χ0n) is 10.0. The summed E-state index contributed by atoms with van der Waals surface area (Å²) in [6.07, 6.45) is 3.20. The Balaban J connectivity index is 2.60. The summed E-state index contributed by atoms with van der Waals surface area (Å²) >= 11 is 0. The maximum Gasteiger partial charge on any atom is 0.166 e. The first kappa shape index (κ1) is 11.8. The average Bonchev–Trinajstić information content (AvgIpc) is 2.68. The lowest BCUT2D eigenvalue weighted by atomic mass is 9.98. The number of rotatable bonds is 2. The summed E-state index contributed by atoms with van der Waals surface area (Å²) in [7, 11) is 1.74. The van der Waals surface area contributed by atoms with Gasteiger partial charge in [0.15, 0.2) is 11.6 Å². The normalized spacial score (nSPS) is 11.2. The van der Waals surface area contributed by atoms with Crippen molar-refractivity contribution in [3.05, 3.63) is 41.7 Å². The van der Waals surface area contributed by atoms with E-state index >= 15 is 0 Å². The SMILES string of the molecule is CC(C)c1cc(F)c(F)c(-c2cnn(C)c2)c1. The zero-order valence-corrected chi connectivity index (χ0v) is 10.0. The standard InChI is InChI=1S/C13H14F2N2/c1-8(2)9-4-11(13(15)12(14)5-9)10-6-16-17(3)7-10/h4-8H,1-3H3. The van der Waals surface area contributed by atoms with Gasteiger partial charge in [0.25, 0.3) is 0 Å². The van der Waals surface area contributed by atoms with Crippen LogP contribution in [0.2, 0.25) is 0 Å². The topological polar surface area (TPSA) is 17.8 Å². The lowest BCUT2D eigenvalue weighted by molar-refractivity contribution is 0.509. The van der Waals surface area contributed by atoms with Crippen LogP contribution in [0.4, 0.5) is 8.78 Å². The first-order valence-corrected chi connectivity index (χ1v) is 5.47. The summed E-state index contributed by atoms with van der Waals surface area (Å²) in [5.41, 5.74) is 1.64. The molecule has 0 amide bonds. The summed E-state index contributed by atoms with van der Waals surface area (Å²) in [5.74, 6) is -1.47. The van der Waals surface area contributed by atoms with Crippen molar-refractivity contribution < 1.29 is 8.78 Å². The molecule has 0 aliphatic rings. The Bertz CT molecular complexity index is 544. The van der Waals surface area contributed by atoms with Crippen LogP contribution in [0.15, 0.2) is 24.5 Å². The Morgan fingerprint density at radius 3 is 2.47 bits per heavy atom. The highest BCUT2D eigenvalue weighted by atomic mass is 19.2. The quantitative estimate of drug-likeness (QED) is 0.780. The molecule has 0 saturated carbocycles. The number of hydrogen-bond donors (Lipinski definition) is 0. The van der Waals surface area contributed by atoms with Crippen molar-refractivity contribution in [1.82, 2.24) is 9.78 Å². The molecule has 4 heteroatoms. The predicted molar refractivity (Wildman–Crippen MR) is 62.6 cm³/mol. The van der Waals surface area contributed by atoms with Crippen molar-refractivity contribution in [3.8, 4) is 11.1 Å². The van der Waals surface area contributed by atoms with Crippen LogP contribution in [0, 0.1) is 11.6 Å². The summed E-state index contributed by atoms with van der Waals surface area (Å²) in [6, 6.07) is 2.93. The maximum atomic E-state index is 13.7. The number of hydrogen-bond acceptors (Lipinski definition) is 1. The number of aromatic nitrogens is 2. The minimum absolute atomic E-state index is 0.153. The Labute approximate surface area is 98.9 Å².